The number of hydrogen-bond donors (Lipinski definition) is 0. The van der Waals surface area contributed by atoms with Gasteiger partial charge in [0.25, 0.3) is 5.69 Å². The largest absolute Gasteiger partial charge is 0.273 e. The Morgan fingerprint density at radius 2 is 1.90 bits per heavy atom. The van der Waals surface area contributed by atoms with Crippen LogP contribution in [0.15, 0.2) is 46.9 Å². The third-order valence-electron chi connectivity index (χ3n) is 2.88. The van der Waals surface area contributed by atoms with Gasteiger partial charge in [-0.25, -0.2) is 4.39 Å². The highest BCUT2D eigenvalue weighted by Gasteiger charge is 2.20. The van der Waals surface area contributed by atoms with Crippen LogP contribution in [0.2, 0.25) is 0 Å². The van der Waals surface area contributed by atoms with E-state index in [-0.39, 0.29) is 15.0 Å². The lowest BCUT2D eigenvalue weighted by atomic mass is 10.0. The maximum Gasteiger partial charge on any atom is 0.273 e. The van der Waals surface area contributed by atoms with Crippen LogP contribution in [0.5, 0.6) is 0 Å². The molecule has 2 aromatic carbocycles. The topological polar surface area (TPSA) is 43.1 Å². The van der Waals surface area contributed by atoms with Gasteiger partial charge in [-0.3, -0.25) is 10.1 Å². The molecule has 3 nitrogen and oxygen atoms in total. The van der Waals surface area contributed by atoms with Gasteiger partial charge in [-0.1, -0.05) is 46.3 Å². The van der Waals surface area contributed by atoms with Crippen LogP contribution < -0.4 is 0 Å². The van der Waals surface area contributed by atoms with E-state index in [1.807, 2.05) is 30.3 Å². The standard InChI is InChI=1S/C14H10Br2FNO2/c15-11(9-4-2-1-3-5-9)6-10-7-13(17)12(16)8-14(10)18(19)20/h1-5,7-8,11H,6H2. The average Bonchev–Trinajstić information content (AvgIpc) is 2.43. The predicted molar refractivity (Wildman–Crippen MR) is 82.6 cm³/mol. The Balaban J connectivity index is 2.33. The second kappa shape index (κ2) is 6.45. The normalized spacial score (nSPS) is 12.2. The molecule has 20 heavy (non-hydrogen) atoms. The molecule has 0 aliphatic rings. The maximum atomic E-state index is 13.6. The Morgan fingerprint density at radius 3 is 2.50 bits per heavy atom. The van der Waals surface area contributed by atoms with Gasteiger partial charge in [0.05, 0.1) is 9.40 Å². The van der Waals surface area contributed by atoms with Gasteiger partial charge in [0.15, 0.2) is 0 Å². The fourth-order valence-corrected chi connectivity index (χ4v) is 2.87. The average molecular weight is 403 g/mol. The summed E-state index contributed by atoms with van der Waals surface area (Å²) in [5.41, 5.74) is 1.27. The molecule has 0 aromatic heterocycles. The van der Waals surface area contributed by atoms with Crippen molar-refractivity contribution in [1.29, 1.82) is 0 Å². The summed E-state index contributed by atoms with van der Waals surface area (Å²) in [6.07, 6.45) is 0.338. The molecule has 0 bridgehead atoms. The Labute approximate surface area is 132 Å². The number of benzene rings is 2. The van der Waals surface area contributed by atoms with E-state index in [0.29, 0.717) is 12.0 Å². The van der Waals surface area contributed by atoms with Crippen LogP contribution >= 0.6 is 31.9 Å². The number of nitro groups is 1. The van der Waals surface area contributed by atoms with Gasteiger partial charge in [0, 0.05) is 16.5 Å². The molecule has 1 unspecified atom stereocenters. The lowest BCUT2D eigenvalue weighted by molar-refractivity contribution is -0.385. The first-order valence-corrected chi connectivity index (χ1v) is 7.51. The number of alkyl halides is 1. The molecule has 0 heterocycles. The highest BCUT2D eigenvalue weighted by atomic mass is 79.9. The smallest absolute Gasteiger partial charge is 0.258 e. The second-order valence-corrected chi connectivity index (χ2v) is 6.19. The van der Waals surface area contributed by atoms with E-state index in [1.165, 1.54) is 12.1 Å². The van der Waals surface area contributed by atoms with Gasteiger partial charge < -0.3 is 0 Å². The van der Waals surface area contributed by atoms with E-state index in [9.17, 15) is 14.5 Å². The summed E-state index contributed by atoms with van der Waals surface area (Å²) in [7, 11) is 0. The molecule has 0 radical (unpaired) electrons. The fourth-order valence-electron chi connectivity index (χ4n) is 1.88. The zero-order valence-electron chi connectivity index (χ0n) is 10.2. The summed E-state index contributed by atoms with van der Waals surface area (Å²) in [6.45, 7) is 0. The highest BCUT2D eigenvalue weighted by molar-refractivity contribution is 9.10. The minimum Gasteiger partial charge on any atom is -0.258 e. The molecule has 0 fully saturated rings. The molecule has 0 aliphatic carbocycles. The number of halogens is 3. The molecule has 1 atom stereocenters. The van der Waals surface area contributed by atoms with Gasteiger partial charge in [0.2, 0.25) is 0 Å². The van der Waals surface area contributed by atoms with Crippen molar-refractivity contribution in [3.63, 3.8) is 0 Å². The Kier molecular flexibility index (Phi) is 4.88. The third kappa shape index (κ3) is 3.43. The predicted octanol–water partition coefficient (Wildman–Crippen LogP) is 5.18. The van der Waals surface area contributed by atoms with Crippen LogP contribution in [0.4, 0.5) is 10.1 Å². The van der Waals surface area contributed by atoms with Crippen LogP contribution in [0.1, 0.15) is 16.0 Å². The van der Waals surface area contributed by atoms with Gasteiger partial charge in [-0.15, -0.1) is 0 Å². The number of rotatable bonds is 4. The van der Waals surface area contributed by atoms with Crippen molar-refractivity contribution < 1.29 is 9.31 Å². The first-order chi connectivity index (χ1) is 9.49. The van der Waals surface area contributed by atoms with E-state index < -0.39 is 10.7 Å². The van der Waals surface area contributed by atoms with Crippen LogP contribution in [-0.4, -0.2) is 4.92 Å². The van der Waals surface area contributed by atoms with Gasteiger partial charge in [-0.2, -0.15) is 0 Å². The number of nitro benzene ring substituents is 1. The van der Waals surface area contributed by atoms with Crippen molar-refractivity contribution in [3.05, 3.63) is 74.0 Å². The molecule has 104 valence electrons. The fraction of sp³-hybridized carbons (Fsp3) is 0.143. The monoisotopic (exact) mass is 401 g/mol. The van der Waals surface area contributed by atoms with E-state index in [2.05, 4.69) is 31.9 Å². The molecule has 0 amide bonds. The maximum absolute atomic E-state index is 13.6. The van der Waals surface area contributed by atoms with Crippen molar-refractivity contribution in [2.75, 3.05) is 0 Å². The quantitative estimate of drug-likeness (QED) is 0.402. The Bertz CT molecular complexity index is 635. The van der Waals surface area contributed by atoms with Crippen molar-refractivity contribution in [2.45, 2.75) is 11.2 Å². The molecule has 2 aromatic rings. The van der Waals surface area contributed by atoms with Crippen LogP contribution in [0, 0.1) is 15.9 Å². The van der Waals surface area contributed by atoms with E-state index >= 15 is 0 Å². The SMILES string of the molecule is O=[N+]([O-])c1cc(Br)c(F)cc1CC(Br)c1ccccc1. The zero-order valence-corrected chi connectivity index (χ0v) is 13.4. The summed E-state index contributed by atoms with van der Waals surface area (Å²) in [6, 6.07) is 11.9. The molecule has 0 saturated heterocycles. The summed E-state index contributed by atoms with van der Waals surface area (Å²) >= 11 is 6.46. The van der Waals surface area contributed by atoms with Crippen molar-refractivity contribution in [2.24, 2.45) is 0 Å². The van der Waals surface area contributed by atoms with E-state index in [0.717, 1.165) is 5.56 Å². The molecule has 2 rings (SSSR count). The van der Waals surface area contributed by atoms with Crippen LogP contribution in [0.25, 0.3) is 0 Å². The van der Waals surface area contributed by atoms with Gasteiger partial charge in [-0.05, 0) is 34.0 Å². The van der Waals surface area contributed by atoms with Crippen molar-refractivity contribution in [1.82, 2.24) is 0 Å². The van der Waals surface area contributed by atoms with Gasteiger partial charge >= 0.3 is 0 Å². The summed E-state index contributed by atoms with van der Waals surface area (Å²) in [5.74, 6) is -0.502. The zero-order chi connectivity index (χ0) is 14.7. The first kappa shape index (κ1) is 15.1. The van der Waals surface area contributed by atoms with E-state index in [4.69, 9.17) is 0 Å². The molecule has 0 spiro atoms. The molecule has 0 aliphatic heterocycles. The lowest BCUT2D eigenvalue weighted by Crippen LogP contribution is -2.01. The molecular weight excluding hydrogens is 393 g/mol. The van der Waals surface area contributed by atoms with Gasteiger partial charge in [0.1, 0.15) is 5.82 Å². The van der Waals surface area contributed by atoms with Crippen molar-refractivity contribution >= 4 is 37.5 Å². The lowest BCUT2D eigenvalue weighted by Gasteiger charge is -2.11. The third-order valence-corrected chi connectivity index (χ3v) is 4.34. The van der Waals surface area contributed by atoms with Crippen LogP contribution in [0.3, 0.4) is 0 Å². The number of hydrogen-bond acceptors (Lipinski definition) is 2. The molecule has 0 saturated carbocycles. The van der Waals surface area contributed by atoms with Crippen molar-refractivity contribution in [3.8, 4) is 0 Å². The highest BCUT2D eigenvalue weighted by Crippen LogP contribution is 2.33. The second-order valence-electron chi connectivity index (χ2n) is 4.23. The Morgan fingerprint density at radius 1 is 1.25 bits per heavy atom. The summed E-state index contributed by atoms with van der Waals surface area (Å²) < 4.78 is 13.7. The molecule has 0 N–H and O–H groups in total. The minimum absolute atomic E-state index is 0.0846. The first-order valence-electron chi connectivity index (χ1n) is 5.80. The minimum atomic E-state index is -0.502. The molecule has 6 heteroatoms. The number of nitrogens with zero attached hydrogens (tertiary/aromatic N) is 1. The molecular formula is C14H10Br2FNO2. The summed E-state index contributed by atoms with van der Waals surface area (Å²) in [4.78, 5) is 10.4. The van der Waals surface area contributed by atoms with E-state index in [1.54, 1.807) is 0 Å². The van der Waals surface area contributed by atoms with Crippen LogP contribution in [-0.2, 0) is 6.42 Å². The Hall–Kier alpha value is -1.27. The summed E-state index contributed by atoms with van der Waals surface area (Å²) in [5, 5.41) is 11.1.